The van der Waals surface area contributed by atoms with Gasteiger partial charge in [0, 0.05) is 19.3 Å². The van der Waals surface area contributed by atoms with Crippen molar-refractivity contribution >= 4 is 11.8 Å². The third-order valence-corrected chi connectivity index (χ3v) is 3.22. The number of anilines is 1. The minimum Gasteiger partial charge on any atom is -0.462 e. The van der Waals surface area contributed by atoms with Gasteiger partial charge < -0.3 is 14.8 Å². The highest BCUT2D eigenvalue weighted by molar-refractivity contribution is 5.89. The molecule has 1 aromatic heterocycles. The van der Waals surface area contributed by atoms with Crippen molar-refractivity contribution in [3.63, 3.8) is 0 Å². The van der Waals surface area contributed by atoms with Crippen molar-refractivity contribution in [2.75, 3.05) is 25.1 Å². The molecule has 0 spiro atoms. The molecule has 1 aromatic rings. The lowest BCUT2D eigenvalue weighted by Gasteiger charge is -2.23. The van der Waals surface area contributed by atoms with Crippen LogP contribution in [0.1, 0.15) is 37.0 Å². The summed E-state index contributed by atoms with van der Waals surface area (Å²) in [7, 11) is 0. The minimum absolute atomic E-state index is 0.110. The fourth-order valence-corrected chi connectivity index (χ4v) is 2.09. The lowest BCUT2D eigenvalue weighted by Crippen LogP contribution is -2.32. The standard InChI is InChI=1S/C14H20N2O3/c1-3-18-13(17)11-5-6-12(15-9-11)16-10-14(2)7-4-8-19-14/h5-6,9H,3-4,7-8,10H2,1-2H3,(H,15,16). The summed E-state index contributed by atoms with van der Waals surface area (Å²) >= 11 is 0. The lowest BCUT2D eigenvalue weighted by atomic mass is 10.0. The van der Waals surface area contributed by atoms with E-state index in [9.17, 15) is 4.79 Å². The van der Waals surface area contributed by atoms with Crippen LogP contribution in [0.15, 0.2) is 18.3 Å². The minimum atomic E-state index is -0.340. The Hall–Kier alpha value is -1.62. The number of carbonyl (C=O) groups excluding carboxylic acids is 1. The van der Waals surface area contributed by atoms with Crippen molar-refractivity contribution in [3.8, 4) is 0 Å². The first kappa shape index (κ1) is 13.8. The van der Waals surface area contributed by atoms with Gasteiger partial charge in [0.15, 0.2) is 0 Å². The molecule has 104 valence electrons. The fourth-order valence-electron chi connectivity index (χ4n) is 2.09. The second kappa shape index (κ2) is 6.02. The number of esters is 1. The molecular weight excluding hydrogens is 244 g/mol. The molecule has 0 radical (unpaired) electrons. The van der Waals surface area contributed by atoms with Gasteiger partial charge in [0.25, 0.3) is 0 Å². The van der Waals surface area contributed by atoms with Gasteiger partial charge in [-0.3, -0.25) is 0 Å². The number of nitrogens with one attached hydrogen (secondary N) is 1. The molecular formula is C14H20N2O3. The number of aromatic nitrogens is 1. The number of hydrogen-bond donors (Lipinski definition) is 1. The van der Waals surface area contributed by atoms with E-state index in [1.807, 2.05) is 0 Å². The summed E-state index contributed by atoms with van der Waals surface area (Å²) in [6.07, 6.45) is 3.69. The Morgan fingerprint density at radius 1 is 1.58 bits per heavy atom. The molecule has 1 atom stereocenters. The van der Waals surface area contributed by atoms with Crippen LogP contribution in [0, 0.1) is 0 Å². The van der Waals surface area contributed by atoms with Gasteiger partial charge in [-0.25, -0.2) is 9.78 Å². The predicted octanol–water partition coefficient (Wildman–Crippen LogP) is 2.24. The van der Waals surface area contributed by atoms with Gasteiger partial charge in [0.2, 0.25) is 0 Å². The molecule has 19 heavy (non-hydrogen) atoms. The third kappa shape index (κ3) is 3.67. The van der Waals surface area contributed by atoms with Crippen molar-refractivity contribution in [2.24, 2.45) is 0 Å². The van der Waals surface area contributed by atoms with E-state index in [1.54, 1.807) is 19.1 Å². The molecule has 0 saturated carbocycles. The Kier molecular flexibility index (Phi) is 4.37. The normalized spacial score (nSPS) is 22.2. The van der Waals surface area contributed by atoms with Gasteiger partial charge in [-0.2, -0.15) is 0 Å². The third-order valence-electron chi connectivity index (χ3n) is 3.22. The highest BCUT2D eigenvalue weighted by Gasteiger charge is 2.29. The van der Waals surface area contributed by atoms with Crippen molar-refractivity contribution in [1.29, 1.82) is 0 Å². The fraction of sp³-hybridized carbons (Fsp3) is 0.571. The maximum absolute atomic E-state index is 11.5. The Bertz CT molecular complexity index is 425. The van der Waals surface area contributed by atoms with Crippen LogP contribution in [0.3, 0.4) is 0 Å². The topological polar surface area (TPSA) is 60.5 Å². The number of pyridine rings is 1. The summed E-state index contributed by atoms with van der Waals surface area (Å²) in [6, 6.07) is 3.50. The number of nitrogens with zero attached hydrogens (tertiary/aromatic N) is 1. The summed E-state index contributed by atoms with van der Waals surface area (Å²) in [6.45, 7) is 5.80. The molecule has 2 heterocycles. The number of rotatable bonds is 5. The van der Waals surface area contributed by atoms with Crippen LogP contribution in [0.2, 0.25) is 0 Å². The first-order valence-electron chi connectivity index (χ1n) is 6.64. The predicted molar refractivity (Wildman–Crippen MR) is 72.3 cm³/mol. The van der Waals surface area contributed by atoms with E-state index in [-0.39, 0.29) is 11.6 Å². The number of ether oxygens (including phenoxy) is 2. The molecule has 5 nitrogen and oxygen atoms in total. The molecule has 5 heteroatoms. The molecule has 2 rings (SSSR count). The second-order valence-corrected chi connectivity index (χ2v) is 4.91. The van der Waals surface area contributed by atoms with E-state index in [0.717, 1.165) is 31.8 Å². The summed E-state index contributed by atoms with van der Waals surface area (Å²) in [5.74, 6) is 0.400. The van der Waals surface area contributed by atoms with Gasteiger partial charge in [-0.1, -0.05) is 0 Å². The molecule has 0 aromatic carbocycles. The zero-order valence-electron chi connectivity index (χ0n) is 11.4. The Balaban J connectivity index is 1.90. The van der Waals surface area contributed by atoms with Gasteiger partial charge in [0.1, 0.15) is 5.82 Å². The van der Waals surface area contributed by atoms with Crippen molar-refractivity contribution in [2.45, 2.75) is 32.3 Å². The Labute approximate surface area is 113 Å². The van der Waals surface area contributed by atoms with E-state index in [2.05, 4.69) is 17.2 Å². The van der Waals surface area contributed by atoms with Crippen LogP contribution in [-0.2, 0) is 9.47 Å². The molecule has 1 aliphatic heterocycles. The van der Waals surface area contributed by atoms with E-state index >= 15 is 0 Å². The molecule has 0 aliphatic carbocycles. The second-order valence-electron chi connectivity index (χ2n) is 4.91. The van der Waals surface area contributed by atoms with Gasteiger partial charge in [-0.05, 0) is 38.8 Å². The summed E-state index contributed by atoms with van der Waals surface area (Å²) in [5.41, 5.74) is 0.359. The maximum Gasteiger partial charge on any atom is 0.339 e. The quantitative estimate of drug-likeness (QED) is 0.826. The first-order chi connectivity index (χ1) is 9.13. The smallest absolute Gasteiger partial charge is 0.339 e. The molecule has 1 aliphatic rings. The van der Waals surface area contributed by atoms with Crippen LogP contribution >= 0.6 is 0 Å². The van der Waals surface area contributed by atoms with Gasteiger partial charge in [-0.15, -0.1) is 0 Å². The summed E-state index contributed by atoms with van der Waals surface area (Å²) in [5, 5.41) is 3.24. The van der Waals surface area contributed by atoms with E-state index in [4.69, 9.17) is 9.47 Å². The van der Waals surface area contributed by atoms with Crippen molar-refractivity contribution in [1.82, 2.24) is 4.98 Å². The number of hydrogen-bond acceptors (Lipinski definition) is 5. The van der Waals surface area contributed by atoms with Crippen LogP contribution < -0.4 is 5.32 Å². The van der Waals surface area contributed by atoms with Crippen molar-refractivity contribution < 1.29 is 14.3 Å². The molecule has 0 bridgehead atoms. The molecule has 1 saturated heterocycles. The Morgan fingerprint density at radius 3 is 3.00 bits per heavy atom. The SMILES string of the molecule is CCOC(=O)c1ccc(NCC2(C)CCCO2)nc1. The van der Waals surface area contributed by atoms with Crippen LogP contribution in [-0.4, -0.2) is 36.3 Å². The van der Waals surface area contributed by atoms with Gasteiger partial charge >= 0.3 is 5.97 Å². The van der Waals surface area contributed by atoms with E-state index in [0.29, 0.717) is 12.2 Å². The molecule has 0 amide bonds. The average Bonchev–Trinajstić information content (AvgIpc) is 2.85. The molecule has 1 N–H and O–H groups in total. The van der Waals surface area contributed by atoms with Crippen molar-refractivity contribution in [3.05, 3.63) is 23.9 Å². The summed E-state index contributed by atoms with van der Waals surface area (Å²) < 4.78 is 10.6. The lowest BCUT2D eigenvalue weighted by molar-refractivity contribution is 0.0314. The van der Waals surface area contributed by atoms with E-state index in [1.165, 1.54) is 6.20 Å². The highest BCUT2D eigenvalue weighted by Crippen LogP contribution is 2.25. The zero-order chi connectivity index (χ0) is 13.7. The first-order valence-corrected chi connectivity index (χ1v) is 6.64. The molecule has 1 unspecified atom stereocenters. The Morgan fingerprint density at radius 2 is 2.42 bits per heavy atom. The zero-order valence-corrected chi connectivity index (χ0v) is 11.4. The van der Waals surface area contributed by atoms with Crippen LogP contribution in [0.25, 0.3) is 0 Å². The maximum atomic E-state index is 11.5. The number of carbonyl (C=O) groups is 1. The highest BCUT2D eigenvalue weighted by atomic mass is 16.5. The molecule has 1 fully saturated rings. The van der Waals surface area contributed by atoms with Crippen LogP contribution in [0.5, 0.6) is 0 Å². The summed E-state index contributed by atoms with van der Waals surface area (Å²) in [4.78, 5) is 15.7. The largest absolute Gasteiger partial charge is 0.462 e. The van der Waals surface area contributed by atoms with Gasteiger partial charge in [0.05, 0.1) is 17.8 Å². The average molecular weight is 264 g/mol. The van der Waals surface area contributed by atoms with E-state index < -0.39 is 0 Å². The van der Waals surface area contributed by atoms with Crippen LogP contribution in [0.4, 0.5) is 5.82 Å². The monoisotopic (exact) mass is 264 g/mol.